The second kappa shape index (κ2) is 5.23. The first-order valence-electron chi connectivity index (χ1n) is 7.61. The average Bonchev–Trinajstić information content (AvgIpc) is 2.34. The summed E-state index contributed by atoms with van der Waals surface area (Å²) in [6, 6.07) is 0.520. The zero-order valence-corrected chi connectivity index (χ0v) is 13.7. The molecule has 0 amide bonds. The Labute approximate surface area is 122 Å². The van der Waals surface area contributed by atoms with Gasteiger partial charge in [0.2, 0.25) is 0 Å². The molecule has 1 saturated heterocycles. The van der Waals surface area contributed by atoms with E-state index in [1.165, 1.54) is 12.8 Å². The van der Waals surface area contributed by atoms with Crippen LogP contribution in [0.1, 0.15) is 58.8 Å². The molecular formula is C16H28N4. The number of piperidine rings is 1. The van der Waals surface area contributed by atoms with Crippen molar-refractivity contribution in [2.24, 2.45) is 5.92 Å². The van der Waals surface area contributed by atoms with Crippen LogP contribution in [0.3, 0.4) is 0 Å². The number of nitrogen functional groups attached to an aromatic ring is 1. The maximum absolute atomic E-state index is 6.13. The minimum Gasteiger partial charge on any atom is -0.383 e. The Balaban J connectivity index is 2.47. The lowest BCUT2D eigenvalue weighted by atomic mass is 9.94. The van der Waals surface area contributed by atoms with Crippen LogP contribution in [0.2, 0.25) is 0 Å². The van der Waals surface area contributed by atoms with Crippen molar-refractivity contribution in [3.8, 4) is 0 Å². The molecule has 0 aliphatic carbocycles. The van der Waals surface area contributed by atoms with Crippen molar-refractivity contribution in [2.75, 3.05) is 17.2 Å². The molecule has 1 aromatic heterocycles. The van der Waals surface area contributed by atoms with Gasteiger partial charge in [-0.1, -0.05) is 27.7 Å². The van der Waals surface area contributed by atoms with Crippen molar-refractivity contribution >= 4 is 11.6 Å². The standard InChI is InChI=1S/C16H28N4/c1-10-7-8-11(2)20(9-10)14-12(3)13(17)18-15(19-14)16(4,5)6/h10-11H,7-9H2,1-6H3,(H2,17,18,19). The third-order valence-electron chi connectivity index (χ3n) is 4.22. The Morgan fingerprint density at radius 3 is 2.40 bits per heavy atom. The summed E-state index contributed by atoms with van der Waals surface area (Å²) in [4.78, 5) is 11.7. The van der Waals surface area contributed by atoms with Gasteiger partial charge in [-0.05, 0) is 32.6 Å². The quantitative estimate of drug-likeness (QED) is 0.855. The fourth-order valence-electron chi connectivity index (χ4n) is 2.72. The van der Waals surface area contributed by atoms with Crippen molar-refractivity contribution in [3.63, 3.8) is 0 Å². The molecule has 0 radical (unpaired) electrons. The summed E-state index contributed by atoms with van der Waals surface area (Å²) in [6.45, 7) is 14.1. The second-order valence-electron chi connectivity index (χ2n) is 7.31. The van der Waals surface area contributed by atoms with E-state index in [9.17, 15) is 0 Å². The normalized spacial score (nSPS) is 24.0. The fourth-order valence-corrected chi connectivity index (χ4v) is 2.72. The van der Waals surface area contributed by atoms with Crippen LogP contribution >= 0.6 is 0 Å². The summed E-state index contributed by atoms with van der Waals surface area (Å²) in [7, 11) is 0. The molecule has 2 N–H and O–H groups in total. The monoisotopic (exact) mass is 276 g/mol. The lowest BCUT2D eigenvalue weighted by Gasteiger charge is -2.39. The van der Waals surface area contributed by atoms with Gasteiger partial charge >= 0.3 is 0 Å². The number of nitrogens with zero attached hydrogens (tertiary/aromatic N) is 3. The fraction of sp³-hybridized carbons (Fsp3) is 0.750. The van der Waals surface area contributed by atoms with Gasteiger partial charge in [-0.25, -0.2) is 9.97 Å². The molecule has 2 atom stereocenters. The highest BCUT2D eigenvalue weighted by Gasteiger charge is 2.28. The smallest absolute Gasteiger partial charge is 0.138 e. The van der Waals surface area contributed by atoms with E-state index in [0.717, 1.165) is 23.8 Å². The maximum Gasteiger partial charge on any atom is 0.138 e. The van der Waals surface area contributed by atoms with Gasteiger partial charge in [0.1, 0.15) is 17.5 Å². The number of hydrogen-bond donors (Lipinski definition) is 1. The third kappa shape index (κ3) is 2.89. The number of rotatable bonds is 1. The van der Waals surface area contributed by atoms with E-state index in [4.69, 9.17) is 10.7 Å². The molecule has 1 aromatic rings. The first kappa shape index (κ1) is 15.1. The van der Waals surface area contributed by atoms with Crippen LogP contribution in [0.25, 0.3) is 0 Å². The molecule has 2 rings (SSSR count). The SMILES string of the molecule is Cc1c(N)nc(C(C)(C)C)nc1N1CC(C)CCC1C. The van der Waals surface area contributed by atoms with Gasteiger partial charge in [0.05, 0.1) is 0 Å². The van der Waals surface area contributed by atoms with Crippen LogP contribution in [0, 0.1) is 12.8 Å². The summed E-state index contributed by atoms with van der Waals surface area (Å²) >= 11 is 0. The number of hydrogen-bond acceptors (Lipinski definition) is 4. The van der Waals surface area contributed by atoms with Gasteiger partial charge in [0, 0.05) is 23.6 Å². The van der Waals surface area contributed by atoms with Crippen molar-refractivity contribution < 1.29 is 0 Å². The Hall–Kier alpha value is -1.32. The highest BCUT2D eigenvalue weighted by Crippen LogP contribution is 2.32. The summed E-state index contributed by atoms with van der Waals surface area (Å²) in [5.41, 5.74) is 7.06. The van der Waals surface area contributed by atoms with Crippen molar-refractivity contribution in [1.82, 2.24) is 9.97 Å². The first-order valence-corrected chi connectivity index (χ1v) is 7.61. The van der Waals surface area contributed by atoms with E-state index in [-0.39, 0.29) is 5.41 Å². The number of aromatic nitrogens is 2. The minimum absolute atomic E-state index is 0.0821. The highest BCUT2D eigenvalue weighted by molar-refractivity contribution is 5.57. The van der Waals surface area contributed by atoms with Gasteiger partial charge in [-0.3, -0.25) is 0 Å². The lowest BCUT2D eigenvalue weighted by Crippen LogP contribution is -2.42. The summed E-state index contributed by atoms with van der Waals surface area (Å²) in [6.07, 6.45) is 2.51. The Morgan fingerprint density at radius 2 is 1.80 bits per heavy atom. The predicted molar refractivity (Wildman–Crippen MR) is 85.1 cm³/mol. The van der Waals surface area contributed by atoms with E-state index < -0.39 is 0 Å². The minimum atomic E-state index is -0.0821. The summed E-state index contributed by atoms with van der Waals surface area (Å²) in [5, 5.41) is 0. The molecule has 1 fully saturated rings. The predicted octanol–water partition coefficient (Wildman–Crippen LogP) is 3.29. The van der Waals surface area contributed by atoms with E-state index in [2.05, 4.69) is 44.5 Å². The molecular weight excluding hydrogens is 248 g/mol. The third-order valence-corrected chi connectivity index (χ3v) is 4.22. The molecule has 1 aliphatic rings. The average molecular weight is 276 g/mol. The Kier molecular flexibility index (Phi) is 3.94. The zero-order chi connectivity index (χ0) is 15.1. The van der Waals surface area contributed by atoms with Crippen LogP contribution < -0.4 is 10.6 Å². The molecule has 0 aromatic carbocycles. The summed E-state index contributed by atoms with van der Waals surface area (Å²) in [5.74, 6) is 3.19. The van der Waals surface area contributed by atoms with Crippen LogP contribution in [0.4, 0.5) is 11.6 Å². The van der Waals surface area contributed by atoms with Gasteiger partial charge in [-0.15, -0.1) is 0 Å². The van der Waals surface area contributed by atoms with Crippen LogP contribution in [-0.2, 0) is 5.41 Å². The molecule has 0 bridgehead atoms. The van der Waals surface area contributed by atoms with Gasteiger partial charge in [-0.2, -0.15) is 0 Å². The molecule has 0 saturated carbocycles. The van der Waals surface area contributed by atoms with Crippen LogP contribution in [0.15, 0.2) is 0 Å². The molecule has 0 spiro atoms. The second-order valence-corrected chi connectivity index (χ2v) is 7.31. The molecule has 1 aliphatic heterocycles. The maximum atomic E-state index is 6.13. The van der Waals surface area contributed by atoms with Crippen LogP contribution in [-0.4, -0.2) is 22.6 Å². The van der Waals surface area contributed by atoms with Gasteiger partial charge in [0.15, 0.2) is 0 Å². The Bertz CT molecular complexity index is 490. The summed E-state index contributed by atoms with van der Waals surface area (Å²) < 4.78 is 0. The first-order chi connectivity index (χ1) is 9.20. The van der Waals surface area contributed by atoms with E-state index >= 15 is 0 Å². The zero-order valence-electron chi connectivity index (χ0n) is 13.7. The largest absolute Gasteiger partial charge is 0.383 e. The van der Waals surface area contributed by atoms with Gasteiger partial charge < -0.3 is 10.6 Å². The lowest BCUT2D eigenvalue weighted by molar-refractivity contribution is 0.386. The molecule has 4 heteroatoms. The highest BCUT2D eigenvalue weighted by atomic mass is 15.2. The van der Waals surface area contributed by atoms with Crippen molar-refractivity contribution in [2.45, 2.75) is 65.8 Å². The molecule has 4 nitrogen and oxygen atoms in total. The van der Waals surface area contributed by atoms with E-state index in [1.807, 2.05) is 6.92 Å². The Morgan fingerprint density at radius 1 is 1.15 bits per heavy atom. The number of nitrogens with two attached hydrogens (primary N) is 1. The van der Waals surface area contributed by atoms with E-state index in [0.29, 0.717) is 17.8 Å². The van der Waals surface area contributed by atoms with Crippen LogP contribution in [0.5, 0.6) is 0 Å². The molecule has 112 valence electrons. The van der Waals surface area contributed by atoms with Crippen molar-refractivity contribution in [3.05, 3.63) is 11.4 Å². The molecule has 20 heavy (non-hydrogen) atoms. The van der Waals surface area contributed by atoms with Crippen molar-refractivity contribution in [1.29, 1.82) is 0 Å². The van der Waals surface area contributed by atoms with Gasteiger partial charge in [0.25, 0.3) is 0 Å². The molecule has 2 heterocycles. The topological polar surface area (TPSA) is 55.0 Å². The molecule has 2 unspecified atom stereocenters. The van der Waals surface area contributed by atoms with E-state index in [1.54, 1.807) is 0 Å². The number of anilines is 2.